The lowest BCUT2D eigenvalue weighted by atomic mass is 10.3. The van der Waals surface area contributed by atoms with E-state index in [1.807, 2.05) is 0 Å². The van der Waals surface area contributed by atoms with E-state index in [1.54, 1.807) is 14.1 Å². The van der Waals surface area contributed by atoms with Gasteiger partial charge < -0.3 is 14.5 Å². The van der Waals surface area contributed by atoms with Crippen LogP contribution in [0.5, 0.6) is 0 Å². The van der Waals surface area contributed by atoms with E-state index in [2.05, 4.69) is 5.10 Å². The average Bonchev–Trinajstić information content (AvgIpc) is 3.06. The zero-order valence-electron chi connectivity index (χ0n) is 13.4. The Labute approximate surface area is 137 Å². The Bertz CT molecular complexity index is 600. The lowest BCUT2D eigenvalue weighted by Gasteiger charge is -2.18. The van der Waals surface area contributed by atoms with Crippen LogP contribution in [-0.4, -0.2) is 71.0 Å². The van der Waals surface area contributed by atoms with E-state index in [9.17, 15) is 22.8 Å². The Morgan fingerprint density at radius 3 is 2.75 bits per heavy atom. The van der Waals surface area contributed by atoms with Crippen LogP contribution in [0.4, 0.5) is 18.0 Å². The molecule has 7 nitrogen and oxygen atoms in total. The minimum absolute atomic E-state index is 0.0841. The van der Waals surface area contributed by atoms with Crippen LogP contribution in [0.15, 0.2) is 12.3 Å². The van der Waals surface area contributed by atoms with Gasteiger partial charge in [0.25, 0.3) is 0 Å². The number of nitrogens with zero attached hydrogens (tertiary/aromatic N) is 4. The molecule has 1 atom stereocenters. The molecule has 1 saturated heterocycles. The van der Waals surface area contributed by atoms with Crippen molar-refractivity contribution < 1.29 is 27.5 Å². The van der Waals surface area contributed by atoms with Gasteiger partial charge in [0.15, 0.2) is 0 Å². The van der Waals surface area contributed by atoms with Crippen LogP contribution >= 0.6 is 0 Å². The summed E-state index contributed by atoms with van der Waals surface area (Å²) < 4.78 is 42.8. The smallest absolute Gasteiger partial charge is 0.409 e. The minimum Gasteiger partial charge on any atom is -0.444 e. The fraction of sp³-hybridized carbons (Fsp3) is 0.643. The molecular formula is C14H19F3N4O3. The summed E-state index contributed by atoms with van der Waals surface area (Å²) in [7, 11) is 3.13. The van der Waals surface area contributed by atoms with Crippen LogP contribution in [-0.2, 0) is 22.5 Å². The number of likely N-dealkylation sites (tertiary alicyclic amines) is 1. The van der Waals surface area contributed by atoms with Crippen LogP contribution in [0.1, 0.15) is 12.1 Å². The molecule has 134 valence electrons. The Balaban J connectivity index is 1.84. The topological polar surface area (TPSA) is 67.7 Å². The van der Waals surface area contributed by atoms with Gasteiger partial charge in [0.05, 0.1) is 18.7 Å². The number of hydrogen-bond donors (Lipinski definition) is 0. The summed E-state index contributed by atoms with van der Waals surface area (Å²) in [6.07, 6.45) is -3.55. The van der Waals surface area contributed by atoms with E-state index < -0.39 is 18.8 Å². The first-order valence-corrected chi connectivity index (χ1v) is 7.39. The number of rotatable bonds is 4. The number of amides is 2. The highest BCUT2D eigenvalue weighted by atomic mass is 19.4. The second-order valence-corrected chi connectivity index (χ2v) is 5.83. The molecule has 0 spiro atoms. The Morgan fingerprint density at radius 2 is 2.12 bits per heavy atom. The maximum Gasteiger partial charge on any atom is 0.409 e. The quantitative estimate of drug-likeness (QED) is 0.822. The first kappa shape index (κ1) is 18.1. The summed E-state index contributed by atoms with van der Waals surface area (Å²) in [5.41, 5.74) is 0.276. The average molecular weight is 348 g/mol. The van der Waals surface area contributed by atoms with Crippen LogP contribution in [0.25, 0.3) is 0 Å². The number of carbonyl (C=O) groups excluding carboxylic acids is 2. The largest absolute Gasteiger partial charge is 0.444 e. The Hall–Kier alpha value is -2.26. The first-order valence-electron chi connectivity index (χ1n) is 7.39. The molecule has 0 N–H and O–H groups in total. The van der Waals surface area contributed by atoms with Crippen molar-refractivity contribution in [1.82, 2.24) is 19.6 Å². The lowest BCUT2D eigenvalue weighted by Crippen LogP contribution is -2.33. The summed E-state index contributed by atoms with van der Waals surface area (Å²) in [6, 6.07) is 1.39. The number of hydrogen-bond acceptors (Lipinski definition) is 4. The SMILES string of the molecule is CN(C)C(=O)OC1CCN(C(=O)Cc2ccn(CC(F)(F)F)n2)C1. The van der Waals surface area contributed by atoms with Crippen LogP contribution in [0.3, 0.4) is 0 Å². The van der Waals surface area contributed by atoms with Gasteiger partial charge in [0, 0.05) is 33.3 Å². The molecule has 2 amide bonds. The Morgan fingerprint density at radius 1 is 1.42 bits per heavy atom. The summed E-state index contributed by atoms with van der Waals surface area (Å²) in [5, 5.41) is 3.75. The number of aromatic nitrogens is 2. The van der Waals surface area contributed by atoms with Crippen LogP contribution < -0.4 is 0 Å². The van der Waals surface area contributed by atoms with Crippen molar-refractivity contribution in [3.8, 4) is 0 Å². The molecule has 24 heavy (non-hydrogen) atoms. The molecule has 10 heteroatoms. The van der Waals surface area contributed by atoms with Crippen molar-refractivity contribution in [1.29, 1.82) is 0 Å². The standard InChI is InChI=1S/C14H19F3N4O3/c1-19(2)13(23)24-11-4-5-20(8-11)12(22)7-10-3-6-21(18-10)9-14(15,16)17/h3,6,11H,4-5,7-9H2,1-2H3. The van der Waals surface area contributed by atoms with E-state index in [0.29, 0.717) is 13.0 Å². The summed E-state index contributed by atoms with van der Waals surface area (Å²) in [5.74, 6) is -0.254. The van der Waals surface area contributed by atoms with Gasteiger partial charge in [-0.3, -0.25) is 9.48 Å². The van der Waals surface area contributed by atoms with Crippen molar-refractivity contribution in [2.24, 2.45) is 0 Å². The van der Waals surface area contributed by atoms with Gasteiger partial charge in [-0.2, -0.15) is 18.3 Å². The van der Waals surface area contributed by atoms with Gasteiger partial charge in [0.1, 0.15) is 12.6 Å². The van der Waals surface area contributed by atoms with E-state index >= 15 is 0 Å². The zero-order chi connectivity index (χ0) is 17.9. The predicted octanol–water partition coefficient (Wildman–Crippen LogP) is 1.29. The molecule has 0 aliphatic carbocycles. The monoisotopic (exact) mass is 348 g/mol. The van der Waals surface area contributed by atoms with Crippen molar-refractivity contribution in [2.75, 3.05) is 27.2 Å². The number of alkyl halides is 3. The molecule has 1 aliphatic heterocycles. The van der Waals surface area contributed by atoms with Gasteiger partial charge in [-0.15, -0.1) is 0 Å². The van der Waals surface area contributed by atoms with Gasteiger partial charge >= 0.3 is 12.3 Å². The maximum atomic E-state index is 12.3. The molecule has 0 radical (unpaired) electrons. The normalized spacial score (nSPS) is 17.9. The maximum absolute atomic E-state index is 12.3. The summed E-state index contributed by atoms with van der Waals surface area (Å²) >= 11 is 0. The van der Waals surface area contributed by atoms with Crippen LogP contribution in [0, 0.1) is 0 Å². The number of halogens is 3. The molecule has 1 fully saturated rings. The lowest BCUT2D eigenvalue weighted by molar-refractivity contribution is -0.142. The number of carbonyl (C=O) groups is 2. The van der Waals surface area contributed by atoms with E-state index in [0.717, 1.165) is 4.68 Å². The second kappa shape index (κ2) is 7.10. The van der Waals surface area contributed by atoms with Gasteiger partial charge in [0.2, 0.25) is 5.91 Å². The second-order valence-electron chi connectivity index (χ2n) is 5.83. The molecule has 2 rings (SSSR count). The van der Waals surface area contributed by atoms with Crippen molar-refractivity contribution in [3.05, 3.63) is 18.0 Å². The highest BCUT2D eigenvalue weighted by Gasteiger charge is 2.30. The molecule has 0 aromatic carbocycles. The van der Waals surface area contributed by atoms with Gasteiger partial charge in [-0.25, -0.2) is 4.79 Å². The molecule has 0 saturated carbocycles. The van der Waals surface area contributed by atoms with Crippen molar-refractivity contribution in [3.63, 3.8) is 0 Å². The van der Waals surface area contributed by atoms with E-state index in [1.165, 1.54) is 22.1 Å². The van der Waals surface area contributed by atoms with E-state index in [4.69, 9.17) is 4.74 Å². The third-order valence-electron chi connectivity index (χ3n) is 3.50. The Kier molecular flexibility index (Phi) is 5.35. The number of ether oxygens (including phenoxy) is 1. The molecule has 1 aromatic heterocycles. The minimum atomic E-state index is -4.36. The molecule has 1 aromatic rings. The molecule has 1 aliphatic rings. The molecule has 2 heterocycles. The molecule has 1 unspecified atom stereocenters. The third kappa shape index (κ3) is 5.14. The van der Waals surface area contributed by atoms with Gasteiger partial charge in [-0.1, -0.05) is 0 Å². The van der Waals surface area contributed by atoms with E-state index in [-0.39, 0.29) is 30.7 Å². The van der Waals surface area contributed by atoms with Crippen molar-refractivity contribution >= 4 is 12.0 Å². The van der Waals surface area contributed by atoms with Crippen LogP contribution in [0.2, 0.25) is 0 Å². The zero-order valence-corrected chi connectivity index (χ0v) is 13.4. The fourth-order valence-electron chi connectivity index (χ4n) is 2.34. The van der Waals surface area contributed by atoms with Gasteiger partial charge in [-0.05, 0) is 6.07 Å². The summed E-state index contributed by atoms with van der Waals surface area (Å²) in [4.78, 5) is 26.5. The molecular weight excluding hydrogens is 329 g/mol. The van der Waals surface area contributed by atoms with Crippen molar-refractivity contribution in [2.45, 2.75) is 31.7 Å². The third-order valence-corrected chi connectivity index (χ3v) is 3.50. The first-order chi connectivity index (χ1) is 11.1. The highest BCUT2D eigenvalue weighted by molar-refractivity contribution is 5.78. The predicted molar refractivity (Wildman–Crippen MR) is 77.1 cm³/mol. The molecule has 0 bridgehead atoms. The highest BCUT2D eigenvalue weighted by Crippen LogP contribution is 2.18. The summed E-state index contributed by atoms with van der Waals surface area (Å²) in [6.45, 7) is -0.470. The fourth-order valence-corrected chi connectivity index (χ4v) is 2.34.